The first kappa shape index (κ1) is 20.6. The van der Waals surface area contributed by atoms with E-state index >= 15 is 0 Å². The van der Waals surface area contributed by atoms with E-state index in [0.29, 0.717) is 35.5 Å². The smallest absolute Gasteiger partial charge is 0.408 e. The van der Waals surface area contributed by atoms with Crippen LogP contribution in [-0.4, -0.2) is 40.2 Å². The maximum Gasteiger partial charge on any atom is 0.408 e. The first-order valence-corrected chi connectivity index (χ1v) is 8.48. The van der Waals surface area contributed by atoms with Crippen molar-refractivity contribution in [3.05, 3.63) is 29.5 Å². The number of rotatable bonds is 7. The Morgan fingerprint density at radius 1 is 1.37 bits per heavy atom. The van der Waals surface area contributed by atoms with Gasteiger partial charge in [-0.3, -0.25) is 4.68 Å². The number of methoxy groups -OCH3 is 1. The zero-order valence-corrected chi connectivity index (χ0v) is 15.5. The van der Waals surface area contributed by atoms with Gasteiger partial charge in [-0.25, -0.2) is 4.79 Å². The van der Waals surface area contributed by atoms with Crippen LogP contribution in [0.1, 0.15) is 36.8 Å². The number of benzene rings is 1. The Hall–Kier alpha value is -2.71. The molecule has 1 atom stereocenters. The number of halogens is 3. The fourth-order valence-corrected chi connectivity index (χ4v) is 2.84. The van der Waals surface area contributed by atoms with Crippen LogP contribution < -0.4 is 10.1 Å². The molecule has 27 heavy (non-hydrogen) atoms. The average Bonchev–Trinajstić information content (AvgIpc) is 2.99. The van der Waals surface area contributed by atoms with Crippen molar-refractivity contribution in [3.8, 4) is 17.0 Å². The lowest BCUT2D eigenvalue weighted by Gasteiger charge is -2.20. The number of hydrogen-bond acceptors (Lipinski definition) is 4. The van der Waals surface area contributed by atoms with Gasteiger partial charge in [0.2, 0.25) is 0 Å². The summed E-state index contributed by atoms with van der Waals surface area (Å²) in [5, 5.41) is 15.9. The number of aryl methyl sites for hydroxylation is 1. The average molecular weight is 385 g/mol. The number of carboxylic acid groups (broad SMARTS) is 1. The summed E-state index contributed by atoms with van der Waals surface area (Å²) in [7, 11) is 1.41. The van der Waals surface area contributed by atoms with Crippen LogP contribution in [0.5, 0.6) is 5.75 Å². The summed E-state index contributed by atoms with van der Waals surface area (Å²) in [6, 6.07) is 2.86. The monoisotopic (exact) mass is 385 g/mol. The number of anilines is 1. The maximum atomic E-state index is 12.8. The zero-order chi connectivity index (χ0) is 20.4. The summed E-state index contributed by atoms with van der Waals surface area (Å²) in [6.07, 6.45) is -3.94. The number of aromatic nitrogens is 2. The van der Waals surface area contributed by atoms with E-state index in [1.54, 1.807) is 10.7 Å². The van der Waals surface area contributed by atoms with E-state index in [-0.39, 0.29) is 11.4 Å². The number of hydrogen-bond donors (Lipinski definition) is 2. The summed E-state index contributed by atoms with van der Waals surface area (Å²) in [6.45, 7) is 5.11. The molecule has 1 unspecified atom stereocenters. The van der Waals surface area contributed by atoms with Crippen LogP contribution in [0.4, 0.5) is 18.9 Å². The van der Waals surface area contributed by atoms with Crippen LogP contribution in [0, 0.1) is 0 Å². The second-order valence-electron chi connectivity index (χ2n) is 5.97. The van der Waals surface area contributed by atoms with Crippen molar-refractivity contribution < 1.29 is 27.8 Å². The summed E-state index contributed by atoms with van der Waals surface area (Å²) in [5.41, 5.74) is 1.92. The van der Waals surface area contributed by atoms with Crippen LogP contribution in [0.15, 0.2) is 18.2 Å². The van der Waals surface area contributed by atoms with Gasteiger partial charge >= 0.3 is 12.1 Å². The molecule has 148 valence electrons. The lowest BCUT2D eigenvalue weighted by molar-refractivity contribution is -0.138. The fraction of sp³-hybridized carbons (Fsp3) is 0.444. The van der Waals surface area contributed by atoms with Gasteiger partial charge in [-0.05, 0) is 32.4 Å². The topological polar surface area (TPSA) is 76.4 Å². The molecule has 0 aliphatic carbocycles. The van der Waals surface area contributed by atoms with Crippen LogP contribution in [0.25, 0.3) is 11.3 Å². The molecule has 6 nitrogen and oxygen atoms in total. The first-order valence-electron chi connectivity index (χ1n) is 8.48. The zero-order valence-electron chi connectivity index (χ0n) is 15.5. The van der Waals surface area contributed by atoms with Gasteiger partial charge in [0, 0.05) is 29.4 Å². The molecule has 0 radical (unpaired) electrons. The standard InChI is InChI=1S/C18H22F3N3O3/c1-5-12-15(17(25)26)23-24(6-2)16(12)13-8-7-11(9-14(13)27-4)22-10(3)18(19,20)21/h7-10,22H,5-6H2,1-4H3,(H,25,26). The Balaban J connectivity index is 2.55. The van der Waals surface area contributed by atoms with Crippen molar-refractivity contribution in [1.29, 1.82) is 0 Å². The van der Waals surface area contributed by atoms with Gasteiger partial charge in [0.05, 0.1) is 12.8 Å². The molecule has 1 aromatic carbocycles. The highest BCUT2D eigenvalue weighted by Gasteiger charge is 2.36. The number of ether oxygens (including phenoxy) is 1. The quantitative estimate of drug-likeness (QED) is 0.747. The van der Waals surface area contributed by atoms with Crippen molar-refractivity contribution in [1.82, 2.24) is 9.78 Å². The van der Waals surface area contributed by atoms with Crippen molar-refractivity contribution in [2.75, 3.05) is 12.4 Å². The molecule has 0 saturated carbocycles. The third-order valence-corrected chi connectivity index (χ3v) is 4.24. The highest BCUT2D eigenvalue weighted by molar-refractivity contribution is 5.90. The highest BCUT2D eigenvalue weighted by atomic mass is 19.4. The van der Waals surface area contributed by atoms with Crippen molar-refractivity contribution in [3.63, 3.8) is 0 Å². The van der Waals surface area contributed by atoms with E-state index < -0.39 is 18.2 Å². The Kier molecular flexibility index (Phi) is 6.02. The number of nitrogens with one attached hydrogen (secondary N) is 1. The normalized spacial score (nSPS) is 12.7. The SMILES string of the molecule is CCc1c(C(=O)O)nn(CC)c1-c1ccc(NC(C)C(F)(F)F)cc1OC. The molecule has 0 fully saturated rings. The molecule has 0 aliphatic rings. The molecule has 9 heteroatoms. The highest BCUT2D eigenvalue weighted by Crippen LogP contribution is 2.37. The largest absolute Gasteiger partial charge is 0.496 e. The molecule has 0 spiro atoms. The summed E-state index contributed by atoms with van der Waals surface area (Å²) < 4.78 is 45.3. The summed E-state index contributed by atoms with van der Waals surface area (Å²) >= 11 is 0. The second-order valence-corrected chi connectivity index (χ2v) is 5.97. The van der Waals surface area contributed by atoms with E-state index in [0.717, 1.165) is 6.92 Å². The summed E-state index contributed by atoms with van der Waals surface area (Å²) in [5.74, 6) is -0.799. The van der Waals surface area contributed by atoms with Crippen LogP contribution in [0.3, 0.4) is 0 Å². The Labute approximate surface area is 154 Å². The molecule has 2 rings (SSSR count). The molecule has 0 amide bonds. The van der Waals surface area contributed by atoms with Gasteiger partial charge in [-0.1, -0.05) is 6.92 Å². The van der Waals surface area contributed by atoms with Crippen LogP contribution in [0.2, 0.25) is 0 Å². The van der Waals surface area contributed by atoms with Crippen molar-refractivity contribution in [2.24, 2.45) is 0 Å². The van der Waals surface area contributed by atoms with Gasteiger partial charge in [0.25, 0.3) is 0 Å². The van der Waals surface area contributed by atoms with Gasteiger partial charge in [0.15, 0.2) is 5.69 Å². The molecule has 0 saturated heterocycles. The first-order chi connectivity index (χ1) is 12.6. The van der Waals surface area contributed by atoms with E-state index in [1.165, 1.54) is 19.2 Å². The molecule has 1 aromatic heterocycles. The van der Waals surface area contributed by atoms with Crippen molar-refractivity contribution >= 4 is 11.7 Å². The maximum absolute atomic E-state index is 12.8. The minimum Gasteiger partial charge on any atom is -0.496 e. The molecule has 2 N–H and O–H groups in total. The van der Waals surface area contributed by atoms with Gasteiger partial charge in [-0.2, -0.15) is 18.3 Å². The molecule has 0 bridgehead atoms. The van der Waals surface area contributed by atoms with E-state index in [2.05, 4.69) is 10.4 Å². The molecular weight excluding hydrogens is 363 g/mol. The minimum atomic E-state index is -4.38. The molecule has 1 heterocycles. The van der Waals surface area contributed by atoms with Crippen molar-refractivity contribution in [2.45, 2.75) is 46.0 Å². The molecular formula is C18H22F3N3O3. The second kappa shape index (κ2) is 7.89. The Morgan fingerprint density at radius 2 is 2.04 bits per heavy atom. The van der Waals surface area contributed by atoms with Gasteiger partial charge in [-0.15, -0.1) is 0 Å². The number of nitrogens with zero attached hydrogens (tertiary/aromatic N) is 2. The summed E-state index contributed by atoms with van der Waals surface area (Å²) in [4.78, 5) is 11.5. The number of carbonyl (C=O) groups is 1. The Bertz CT molecular complexity index is 831. The lowest BCUT2D eigenvalue weighted by Crippen LogP contribution is -2.33. The molecule has 0 aliphatic heterocycles. The van der Waals surface area contributed by atoms with Crippen LogP contribution >= 0.6 is 0 Å². The number of aromatic carboxylic acids is 1. The molecule has 2 aromatic rings. The van der Waals surface area contributed by atoms with Gasteiger partial charge in [0.1, 0.15) is 11.8 Å². The fourth-order valence-electron chi connectivity index (χ4n) is 2.84. The third-order valence-electron chi connectivity index (χ3n) is 4.24. The van der Waals surface area contributed by atoms with E-state index in [9.17, 15) is 23.1 Å². The predicted octanol–water partition coefficient (Wildman–Crippen LogP) is 4.20. The third kappa shape index (κ3) is 4.17. The Morgan fingerprint density at radius 3 is 2.52 bits per heavy atom. The van der Waals surface area contributed by atoms with E-state index in [1.807, 2.05) is 13.8 Å². The van der Waals surface area contributed by atoms with E-state index in [4.69, 9.17) is 4.74 Å². The number of carboxylic acids is 1. The van der Waals surface area contributed by atoms with Gasteiger partial charge < -0.3 is 15.2 Å². The van der Waals surface area contributed by atoms with Crippen LogP contribution in [-0.2, 0) is 13.0 Å². The number of alkyl halides is 3. The lowest BCUT2D eigenvalue weighted by atomic mass is 10.0. The minimum absolute atomic E-state index is 0.0377. The predicted molar refractivity (Wildman–Crippen MR) is 95.4 cm³/mol.